The first kappa shape index (κ1) is 12.8. The first-order valence-electron chi connectivity index (χ1n) is 6.07. The monoisotopic (exact) mass is 231 g/mol. The topological polar surface area (TPSA) is 20.3 Å². The molecule has 0 aromatic heterocycles. The molecule has 1 heterocycles. The van der Waals surface area contributed by atoms with Crippen LogP contribution in [0.2, 0.25) is 0 Å². The van der Waals surface area contributed by atoms with E-state index in [0.29, 0.717) is 17.8 Å². The van der Waals surface area contributed by atoms with Crippen molar-refractivity contribution in [3.63, 3.8) is 0 Å². The van der Waals surface area contributed by atoms with E-state index in [0.717, 1.165) is 32.2 Å². The Morgan fingerprint density at radius 3 is 2.87 bits per heavy atom. The standard InChI is InChI=1S/C12H22ClNO/c1-3-10(2)12(15)14-9-5-4-6-11(14)7-8-13/h10-11H,3-9H2,1-2H3. The number of alkyl halides is 1. The Hall–Kier alpha value is -0.240. The SMILES string of the molecule is CCC(C)C(=O)N1CCCCC1CCCl. The molecule has 1 amide bonds. The van der Waals surface area contributed by atoms with Gasteiger partial charge in [-0.15, -0.1) is 11.6 Å². The zero-order valence-corrected chi connectivity index (χ0v) is 10.6. The van der Waals surface area contributed by atoms with Crippen molar-refractivity contribution in [3.05, 3.63) is 0 Å². The van der Waals surface area contributed by atoms with Crippen LogP contribution in [0.1, 0.15) is 46.0 Å². The summed E-state index contributed by atoms with van der Waals surface area (Å²) in [5.74, 6) is 1.16. The number of hydrogen-bond donors (Lipinski definition) is 0. The molecule has 0 aliphatic carbocycles. The molecule has 1 aliphatic heterocycles. The molecule has 0 bridgehead atoms. The highest BCUT2D eigenvalue weighted by molar-refractivity contribution is 6.17. The first-order valence-corrected chi connectivity index (χ1v) is 6.60. The van der Waals surface area contributed by atoms with E-state index in [-0.39, 0.29) is 5.92 Å². The van der Waals surface area contributed by atoms with Crippen LogP contribution in [0.15, 0.2) is 0 Å². The molecule has 0 aromatic rings. The van der Waals surface area contributed by atoms with Crippen LogP contribution in [-0.4, -0.2) is 29.3 Å². The molecule has 1 rings (SSSR count). The first-order chi connectivity index (χ1) is 7.20. The molecule has 0 aromatic carbocycles. The summed E-state index contributed by atoms with van der Waals surface area (Å²) in [5, 5.41) is 0. The van der Waals surface area contributed by atoms with Crippen LogP contribution in [0, 0.1) is 5.92 Å². The fraction of sp³-hybridized carbons (Fsp3) is 0.917. The number of amides is 1. The van der Waals surface area contributed by atoms with Gasteiger partial charge in [0.15, 0.2) is 0 Å². The Labute approximate surface area is 98.0 Å². The van der Waals surface area contributed by atoms with Crippen LogP contribution in [0.25, 0.3) is 0 Å². The summed E-state index contributed by atoms with van der Waals surface area (Å²) in [7, 11) is 0. The van der Waals surface area contributed by atoms with Crippen molar-refractivity contribution in [1.82, 2.24) is 4.90 Å². The Kier molecular flexibility index (Phi) is 5.44. The van der Waals surface area contributed by atoms with Crippen molar-refractivity contribution in [2.45, 2.75) is 52.0 Å². The summed E-state index contributed by atoms with van der Waals surface area (Å²) in [6.07, 6.45) is 5.41. The zero-order valence-electron chi connectivity index (χ0n) is 9.84. The van der Waals surface area contributed by atoms with Gasteiger partial charge in [-0.25, -0.2) is 0 Å². The lowest BCUT2D eigenvalue weighted by atomic mass is 9.97. The summed E-state index contributed by atoms with van der Waals surface area (Å²) >= 11 is 5.78. The van der Waals surface area contributed by atoms with Crippen LogP contribution in [-0.2, 0) is 4.79 Å². The highest BCUT2D eigenvalue weighted by Crippen LogP contribution is 2.22. The molecular weight excluding hydrogens is 210 g/mol. The maximum Gasteiger partial charge on any atom is 0.225 e. The van der Waals surface area contributed by atoms with Gasteiger partial charge in [0, 0.05) is 24.4 Å². The van der Waals surface area contributed by atoms with Crippen LogP contribution < -0.4 is 0 Å². The quantitative estimate of drug-likeness (QED) is 0.681. The highest BCUT2D eigenvalue weighted by atomic mass is 35.5. The third-order valence-electron chi connectivity index (χ3n) is 3.39. The number of carbonyl (C=O) groups is 1. The molecule has 0 N–H and O–H groups in total. The van der Waals surface area contributed by atoms with E-state index in [4.69, 9.17) is 11.6 Å². The molecule has 1 saturated heterocycles. The lowest BCUT2D eigenvalue weighted by Gasteiger charge is -2.37. The number of halogens is 1. The molecule has 15 heavy (non-hydrogen) atoms. The predicted octanol–water partition coefficient (Wildman–Crippen LogP) is 3.04. The Morgan fingerprint density at radius 2 is 2.27 bits per heavy atom. The number of hydrogen-bond acceptors (Lipinski definition) is 1. The summed E-state index contributed by atoms with van der Waals surface area (Å²) in [5.41, 5.74) is 0. The normalized spacial score (nSPS) is 23.9. The van der Waals surface area contributed by atoms with Gasteiger partial charge in [-0.2, -0.15) is 0 Å². The zero-order chi connectivity index (χ0) is 11.3. The molecule has 0 radical (unpaired) electrons. The van der Waals surface area contributed by atoms with Crippen molar-refractivity contribution in [3.8, 4) is 0 Å². The molecule has 3 heteroatoms. The summed E-state index contributed by atoms with van der Waals surface area (Å²) < 4.78 is 0. The molecule has 0 spiro atoms. The minimum atomic E-state index is 0.168. The minimum Gasteiger partial charge on any atom is -0.339 e. The second-order valence-corrected chi connectivity index (χ2v) is 4.85. The summed E-state index contributed by atoms with van der Waals surface area (Å²) in [6, 6.07) is 0.401. The molecule has 88 valence electrons. The Balaban J connectivity index is 2.58. The molecule has 1 fully saturated rings. The average molecular weight is 232 g/mol. The summed E-state index contributed by atoms with van der Waals surface area (Å²) in [4.78, 5) is 14.2. The maximum absolute atomic E-state index is 12.1. The number of piperidine rings is 1. The highest BCUT2D eigenvalue weighted by Gasteiger charge is 2.28. The number of rotatable bonds is 4. The van der Waals surface area contributed by atoms with E-state index in [1.165, 1.54) is 6.42 Å². The van der Waals surface area contributed by atoms with Crippen molar-refractivity contribution < 1.29 is 4.79 Å². The Bertz CT molecular complexity index is 206. The van der Waals surface area contributed by atoms with Crippen molar-refractivity contribution in [2.24, 2.45) is 5.92 Å². The van der Waals surface area contributed by atoms with Crippen LogP contribution in [0.5, 0.6) is 0 Å². The molecule has 0 saturated carbocycles. The van der Waals surface area contributed by atoms with Gasteiger partial charge in [-0.1, -0.05) is 13.8 Å². The molecule has 2 unspecified atom stereocenters. The van der Waals surface area contributed by atoms with Crippen molar-refractivity contribution in [1.29, 1.82) is 0 Å². The van der Waals surface area contributed by atoms with Crippen molar-refractivity contribution in [2.75, 3.05) is 12.4 Å². The second kappa shape index (κ2) is 6.37. The van der Waals surface area contributed by atoms with E-state index >= 15 is 0 Å². The van der Waals surface area contributed by atoms with E-state index in [9.17, 15) is 4.79 Å². The Morgan fingerprint density at radius 1 is 1.53 bits per heavy atom. The number of likely N-dealkylation sites (tertiary alicyclic amines) is 1. The van der Waals surface area contributed by atoms with E-state index in [2.05, 4.69) is 11.8 Å². The van der Waals surface area contributed by atoms with Gasteiger partial charge in [0.05, 0.1) is 0 Å². The molecule has 1 aliphatic rings. The van der Waals surface area contributed by atoms with Gasteiger partial charge in [0.2, 0.25) is 5.91 Å². The largest absolute Gasteiger partial charge is 0.339 e. The smallest absolute Gasteiger partial charge is 0.225 e. The number of carbonyl (C=O) groups excluding carboxylic acids is 1. The van der Waals surface area contributed by atoms with Gasteiger partial charge in [-0.3, -0.25) is 4.79 Å². The van der Waals surface area contributed by atoms with Gasteiger partial charge in [-0.05, 0) is 32.1 Å². The van der Waals surface area contributed by atoms with Crippen molar-refractivity contribution >= 4 is 17.5 Å². The lowest BCUT2D eigenvalue weighted by molar-refractivity contribution is -0.138. The number of nitrogens with zero attached hydrogens (tertiary/aromatic N) is 1. The fourth-order valence-electron chi connectivity index (χ4n) is 2.17. The second-order valence-electron chi connectivity index (χ2n) is 4.47. The average Bonchev–Trinajstić information content (AvgIpc) is 2.28. The molecule has 2 nitrogen and oxygen atoms in total. The van der Waals surface area contributed by atoms with Gasteiger partial charge < -0.3 is 4.90 Å². The lowest BCUT2D eigenvalue weighted by Crippen LogP contribution is -2.46. The third kappa shape index (κ3) is 3.37. The maximum atomic E-state index is 12.1. The van der Waals surface area contributed by atoms with E-state index in [1.807, 2.05) is 6.92 Å². The van der Waals surface area contributed by atoms with Crippen LogP contribution >= 0.6 is 11.6 Å². The van der Waals surface area contributed by atoms with Gasteiger partial charge in [0.25, 0.3) is 0 Å². The van der Waals surface area contributed by atoms with Crippen LogP contribution in [0.3, 0.4) is 0 Å². The predicted molar refractivity (Wildman–Crippen MR) is 64.1 cm³/mol. The fourth-order valence-corrected chi connectivity index (χ4v) is 2.43. The summed E-state index contributed by atoms with van der Waals surface area (Å²) in [6.45, 7) is 5.03. The van der Waals surface area contributed by atoms with E-state index < -0.39 is 0 Å². The van der Waals surface area contributed by atoms with Gasteiger partial charge in [0.1, 0.15) is 0 Å². The minimum absolute atomic E-state index is 0.168. The van der Waals surface area contributed by atoms with E-state index in [1.54, 1.807) is 0 Å². The van der Waals surface area contributed by atoms with Gasteiger partial charge >= 0.3 is 0 Å². The molecule has 2 atom stereocenters. The molecular formula is C12H22ClNO. The third-order valence-corrected chi connectivity index (χ3v) is 3.60. The van der Waals surface area contributed by atoms with Crippen LogP contribution in [0.4, 0.5) is 0 Å².